The van der Waals surface area contributed by atoms with E-state index in [9.17, 15) is 9.90 Å². The third-order valence-corrected chi connectivity index (χ3v) is 4.08. The summed E-state index contributed by atoms with van der Waals surface area (Å²) in [5.74, 6) is 0.942. The minimum atomic E-state index is -0.557. The summed E-state index contributed by atoms with van der Waals surface area (Å²) in [5.41, 5.74) is 2.90. The van der Waals surface area contributed by atoms with Crippen LogP contribution in [-0.4, -0.2) is 17.6 Å². The second-order valence-corrected chi connectivity index (χ2v) is 6.47. The molecular formula is C18H27NO3. The van der Waals surface area contributed by atoms with Gasteiger partial charge < -0.3 is 15.2 Å². The monoisotopic (exact) mass is 305 g/mol. The van der Waals surface area contributed by atoms with Gasteiger partial charge in [-0.1, -0.05) is 32.4 Å². The van der Waals surface area contributed by atoms with Crippen LogP contribution in [0.15, 0.2) is 12.1 Å². The van der Waals surface area contributed by atoms with Gasteiger partial charge in [0.15, 0.2) is 0 Å². The largest absolute Gasteiger partial charge is 0.493 e. The highest BCUT2D eigenvalue weighted by Crippen LogP contribution is 2.40. The molecule has 2 unspecified atom stereocenters. The topological polar surface area (TPSA) is 58.6 Å². The van der Waals surface area contributed by atoms with Gasteiger partial charge in [0.25, 0.3) is 0 Å². The van der Waals surface area contributed by atoms with Crippen LogP contribution in [0.4, 0.5) is 0 Å². The Morgan fingerprint density at radius 2 is 2.18 bits per heavy atom. The molecule has 122 valence electrons. The SMILES string of the molecule is CCCC(=O)NC1CCOc2c1cc(C)cc2C(O)C(C)C. The molecule has 0 aromatic heterocycles. The van der Waals surface area contributed by atoms with Crippen LogP contribution in [0.2, 0.25) is 0 Å². The van der Waals surface area contributed by atoms with E-state index in [0.29, 0.717) is 13.0 Å². The van der Waals surface area contributed by atoms with E-state index in [4.69, 9.17) is 4.74 Å². The van der Waals surface area contributed by atoms with Crippen LogP contribution >= 0.6 is 0 Å². The van der Waals surface area contributed by atoms with Gasteiger partial charge in [-0.3, -0.25) is 4.79 Å². The number of ether oxygens (including phenoxy) is 1. The molecule has 1 aliphatic heterocycles. The Kier molecular flexibility index (Phi) is 5.46. The first-order valence-corrected chi connectivity index (χ1v) is 8.18. The number of benzene rings is 1. The van der Waals surface area contributed by atoms with Gasteiger partial charge in [-0.25, -0.2) is 0 Å². The molecule has 0 saturated heterocycles. The summed E-state index contributed by atoms with van der Waals surface area (Å²) >= 11 is 0. The maximum absolute atomic E-state index is 11.9. The average molecular weight is 305 g/mol. The Bertz CT molecular complexity index is 539. The van der Waals surface area contributed by atoms with Crippen LogP contribution < -0.4 is 10.1 Å². The van der Waals surface area contributed by atoms with E-state index in [1.807, 2.05) is 33.8 Å². The van der Waals surface area contributed by atoms with Crippen LogP contribution in [0.1, 0.15) is 68.9 Å². The normalized spacial score (nSPS) is 18.5. The van der Waals surface area contributed by atoms with Crippen molar-refractivity contribution in [3.63, 3.8) is 0 Å². The van der Waals surface area contributed by atoms with Gasteiger partial charge >= 0.3 is 0 Å². The highest BCUT2D eigenvalue weighted by atomic mass is 16.5. The summed E-state index contributed by atoms with van der Waals surface area (Å²) in [4.78, 5) is 11.9. The number of hydrogen-bond donors (Lipinski definition) is 2. The molecule has 22 heavy (non-hydrogen) atoms. The summed E-state index contributed by atoms with van der Waals surface area (Å²) < 4.78 is 5.84. The zero-order valence-electron chi connectivity index (χ0n) is 14.0. The Morgan fingerprint density at radius 3 is 2.82 bits per heavy atom. The van der Waals surface area contributed by atoms with Gasteiger partial charge in [0, 0.05) is 24.0 Å². The first kappa shape index (κ1) is 16.8. The quantitative estimate of drug-likeness (QED) is 0.876. The van der Waals surface area contributed by atoms with Crippen molar-refractivity contribution in [2.75, 3.05) is 6.61 Å². The van der Waals surface area contributed by atoms with Crippen molar-refractivity contribution in [1.82, 2.24) is 5.32 Å². The lowest BCUT2D eigenvalue weighted by Crippen LogP contribution is -2.32. The minimum absolute atomic E-state index is 0.0270. The van der Waals surface area contributed by atoms with Gasteiger partial charge in [0.1, 0.15) is 5.75 Å². The van der Waals surface area contributed by atoms with E-state index in [-0.39, 0.29) is 17.9 Å². The number of aliphatic hydroxyl groups is 1. The number of rotatable bonds is 5. The Hall–Kier alpha value is -1.55. The standard InChI is InChI=1S/C18H27NO3/c1-5-6-16(20)19-15-7-8-22-18-13(15)9-12(4)10-14(18)17(21)11(2)3/h9-11,15,17,21H,5-8H2,1-4H3,(H,19,20). The van der Waals surface area contributed by atoms with Crippen LogP contribution in [0.25, 0.3) is 0 Å². The number of hydrogen-bond acceptors (Lipinski definition) is 3. The summed E-state index contributed by atoms with van der Waals surface area (Å²) in [6, 6.07) is 4.02. The first-order valence-electron chi connectivity index (χ1n) is 8.18. The van der Waals surface area contributed by atoms with Crippen molar-refractivity contribution in [3.8, 4) is 5.75 Å². The Labute approximate surface area is 132 Å². The van der Waals surface area contributed by atoms with Gasteiger partial charge in [0.05, 0.1) is 18.8 Å². The van der Waals surface area contributed by atoms with Crippen molar-refractivity contribution in [2.24, 2.45) is 5.92 Å². The molecular weight excluding hydrogens is 278 g/mol. The van der Waals surface area contributed by atoms with E-state index >= 15 is 0 Å². The fourth-order valence-corrected chi connectivity index (χ4v) is 2.91. The number of carbonyl (C=O) groups excluding carboxylic acids is 1. The number of amides is 1. The van der Waals surface area contributed by atoms with Crippen molar-refractivity contribution in [2.45, 2.75) is 59.1 Å². The van der Waals surface area contributed by atoms with Gasteiger partial charge in [0.2, 0.25) is 5.91 Å². The number of nitrogens with one attached hydrogen (secondary N) is 1. The fourth-order valence-electron chi connectivity index (χ4n) is 2.91. The molecule has 2 N–H and O–H groups in total. The van der Waals surface area contributed by atoms with E-state index in [1.54, 1.807) is 0 Å². The molecule has 4 heteroatoms. The lowest BCUT2D eigenvalue weighted by atomic mass is 9.90. The molecule has 2 rings (SSSR count). The Balaban J connectivity index is 2.36. The lowest BCUT2D eigenvalue weighted by Gasteiger charge is -2.30. The third kappa shape index (κ3) is 3.61. The van der Waals surface area contributed by atoms with Crippen LogP contribution in [0, 0.1) is 12.8 Å². The van der Waals surface area contributed by atoms with E-state index in [1.165, 1.54) is 0 Å². The van der Waals surface area contributed by atoms with Crippen molar-refractivity contribution >= 4 is 5.91 Å². The summed E-state index contributed by atoms with van der Waals surface area (Å²) in [5, 5.41) is 13.6. The maximum atomic E-state index is 11.9. The maximum Gasteiger partial charge on any atom is 0.220 e. The van der Waals surface area contributed by atoms with Crippen molar-refractivity contribution in [3.05, 3.63) is 28.8 Å². The van der Waals surface area contributed by atoms with Crippen LogP contribution in [-0.2, 0) is 4.79 Å². The molecule has 0 bridgehead atoms. The van der Waals surface area contributed by atoms with Gasteiger partial charge in [-0.15, -0.1) is 0 Å². The molecule has 1 aromatic carbocycles. The smallest absolute Gasteiger partial charge is 0.220 e. The minimum Gasteiger partial charge on any atom is -0.493 e. The molecule has 0 spiro atoms. The summed E-state index contributed by atoms with van der Waals surface area (Å²) in [6.45, 7) is 8.55. The second-order valence-electron chi connectivity index (χ2n) is 6.47. The van der Waals surface area contributed by atoms with Crippen LogP contribution in [0.5, 0.6) is 5.75 Å². The number of carbonyl (C=O) groups is 1. The number of aryl methyl sites for hydroxylation is 1. The van der Waals surface area contributed by atoms with E-state index in [0.717, 1.165) is 35.3 Å². The zero-order chi connectivity index (χ0) is 16.3. The van der Waals surface area contributed by atoms with E-state index in [2.05, 4.69) is 11.4 Å². The number of aliphatic hydroxyl groups excluding tert-OH is 1. The molecule has 1 amide bonds. The average Bonchev–Trinajstić information content (AvgIpc) is 2.46. The van der Waals surface area contributed by atoms with Gasteiger partial charge in [-0.2, -0.15) is 0 Å². The highest BCUT2D eigenvalue weighted by molar-refractivity contribution is 5.76. The second kappa shape index (κ2) is 7.14. The highest BCUT2D eigenvalue weighted by Gasteiger charge is 2.28. The predicted octanol–water partition coefficient (Wildman–Crippen LogP) is 3.42. The molecule has 0 saturated carbocycles. The molecule has 0 aliphatic carbocycles. The Morgan fingerprint density at radius 1 is 1.45 bits per heavy atom. The molecule has 2 atom stereocenters. The predicted molar refractivity (Wildman–Crippen MR) is 86.9 cm³/mol. The van der Waals surface area contributed by atoms with Crippen molar-refractivity contribution in [1.29, 1.82) is 0 Å². The lowest BCUT2D eigenvalue weighted by molar-refractivity contribution is -0.122. The summed E-state index contributed by atoms with van der Waals surface area (Å²) in [7, 11) is 0. The van der Waals surface area contributed by atoms with E-state index < -0.39 is 6.10 Å². The molecule has 1 aromatic rings. The summed E-state index contributed by atoms with van der Waals surface area (Å²) in [6.07, 6.45) is 1.59. The fraction of sp³-hybridized carbons (Fsp3) is 0.611. The molecule has 1 heterocycles. The molecule has 0 radical (unpaired) electrons. The zero-order valence-corrected chi connectivity index (χ0v) is 14.0. The first-order chi connectivity index (χ1) is 10.4. The molecule has 4 nitrogen and oxygen atoms in total. The molecule has 1 aliphatic rings. The number of fused-ring (bicyclic) bond motifs is 1. The third-order valence-electron chi connectivity index (χ3n) is 4.08. The van der Waals surface area contributed by atoms with Gasteiger partial charge in [-0.05, 0) is 25.3 Å². The van der Waals surface area contributed by atoms with Crippen molar-refractivity contribution < 1.29 is 14.6 Å². The van der Waals surface area contributed by atoms with Crippen LogP contribution in [0.3, 0.4) is 0 Å². The molecule has 0 fully saturated rings.